The first-order valence-corrected chi connectivity index (χ1v) is 12.6. The molecule has 3 heterocycles. The number of benzene rings is 2. The highest BCUT2D eigenvalue weighted by atomic mass is 32.2. The van der Waals surface area contributed by atoms with Gasteiger partial charge >= 0.3 is 0 Å². The molecule has 0 saturated carbocycles. The SMILES string of the molecule is Cc1c(C(=O)N2CCc3cc(S(=O)(=O)N4CCCCC4)ccc32)cnn1-c1ccc(F)cc1. The molecule has 0 aliphatic carbocycles. The Bertz CT molecular complexity index is 1310. The van der Waals surface area contributed by atoms with Gasteiger partial charge in [-0.1, -0.05) is 6.42 Å². The summed E-state index contributed by atoms with van der Waals surface area (Å²) >= 11 is 0. The van der Waals surface area contributed by atoms with Crippen molar-refractivity contribution in [3.8, 4) is 5.69 Å². The fraction of sp³-hybridized carbons (Fsp3) is 0.333. The number of sulfonamides is 1. The van der Waals surface area contributed by atoms with E-state index in [9.17, 15) is 17.6 Å². The van der Waals surface area contributed by atoms with Crippen LogP contribution in [0.1, 0.15) is 40.9 Å². The topological polar surface area (TPSA) is 75.5 Å². The summed E-state index contributed by atoms with van der Waals surface area (Å²) in [5, 5.41) is 4.32. The first kappa shape index (κ1) is 21.8. The Morgan fingerprint density at radius 1 is 1.00 bits per heavy atom. The highest BCUT2D eigenvalue weighted by Crippen LogP contribution is 2.33. The maximum Gasteiger partial charge on any atom is 0.261 e. The summed E-state index contributed by atoms with van der Waals surface area (Å²) in [5.41, 5.74) is 3.36. The van der Waals surface area contributed by atoms with E-state index in [1.165, 1.54) is 18.3 Å². The standard InChI is InChI=1S/C24H25FN4O3S/c1-17-22(16-26-29(17)20-7-5-19(25)6-8-20)24(30)28-14-11-18-15-21(9-10-23(18)28)33(31,32)27-12-3-2-4-13-27/h5-10,15-16H,2-4,11-14H2,1H3. The number of anilines is 1. The largest absolute Gasteiger partial charge is 0.308 e. The lowest BCUT2D eigenvalue weighted by Crippen LogP contribution is -2.35. The molecule has 1 saturated heterocycles. The van der Waals surface area contributed by atoms with Crippen LogP contribution in [0.2, 0.25) is 0 Å². The predicted molar refractivity (Wildman–Crippen MR) is 123 cm³/mol. The van der Waals surface area contributed by atoms with Crippen LogP contribution < -0.4 is 4.90 Å². The van der Waals surface area contributed by atoms with E-state index in [2.05, 4.69) is 5.10 Å². The first-order valence-electron chi connectivity index (χ1n) is 11.1. The number of amides is 1. The van der Waals surface area contributed by atoms with E-state index < -0.39 is 10.0 Å². The molecule has 172 valence electrons. The number of hydrogen-bond donors (Lipinski definition) is 0. The molecule has 7 nitrogen and oxygen atoms in total. The number of carbonyl (C=O) groups excluding carboxylic acids is 1. The van der Waals surface area contributed by atoms with Crippen molar-refractivity contribution in [1.82, 2.24) is 14.1 Å². The zero-order chi connectivity index (χ0) is 23.2. The lowest BCUT2D eigenvalue weighted by atomic mass is 10.1. The van der Waals surface area contributed by atoms with Crippen molar-refractivity contribution in [1.29, 1.82) is 0 Å². The molecule has 0 bridgehead atoms. The number of halogens is 1. The van der Waals surface area contributed by atoms with Gasteiger partial charge < -0.3 is 4.90 Å². The van der Waals surface area contributed by atoms with E-state index >= 15 is 0 Å². The summed E-state index contributed by atoms with van der Waals surface area (Å²) in [5.74, 6) is -0.526. The van der Waals surface area contributed by atoms with E-state index in [0.717, 1.165) is 30.5 Å². The number of aromatic nitrogens is 2. The summed E-state index contributed by atoms with van der Waals surface area (Å²) in [7, 11) is -3.52. The van der Waals surface area contributed by atoms with Crippen molar-refractivity contribution in [3.05, 3.63) is 71.3 Å². The Morgan fingerprint density at radius 2 is 1.73 bits per heavy atom. The minimum absolute atomic E-state index is 0.189. The second-order valence-electron chi connectivity index (χ2n) is 8.49. The molecular weight excluding hydrogens is 443 g/mol. The molecule has 2 aliphatic rings. The van der Waals surface area contributed by atoms with E-state index in [1.807, 2.05) is 0 Å². The van der Waals surface area contributed by atoms with Gasteiger partial charge in [-0.2, -0.15) is 9.40 Å². The Balaban J connectivity index is 1.41. The van der Waals surface area contributed by atoms with Crippen LogP contribution in [-0.2, 0) is 16.4 Å². The average Bonchev–Trinajstić information content (AvgIpc) is 3.43. The van der Waals surface area contributed by atoms with Crippen LogP contribution in [-0.4, -0.2) is 48.0 Å². The van der Waals surface area contributed by atoms with Crippen LogP contribution >= 0.6 is 0 Å². The minimum Gasteiger partial charge on any atom is -0.308 e. The van der Waals surface area contributed by atoms with Gasteiger partial charge in [0.05, 0.1) is 28.0 Å². The van der Waals surface area contributed by atoms with Crippen molar-refractivity contribution >= 4 is 21.6 Å². The molecule has 1 aromatic heterocycles. The zero-order valence-electron chi connectivity index (χ0n) is 18.4. The third-order valence-electron chi connectivity index (χ3n) is 6.46. The number of fused-ring (bicyclic) bond motifs is 1. The van der Waals surface area contributed by atoms with E-state index in [4.69, 9.17) is 0 Å². The van der Waals surface area contributed by atoms with Gasteiger partial charge in [0.2, 0.25) is 10.0 Å². The Kier molecular flexibility index (Phi) is 5.54. The van der Waals surface area contributed by atoms with Gasteiger partial charge in [-0.15, -0.1) is 0 Å². The Hall–Kier alpha value is -3.04. The summed E-state index contributed by atoms with van der Waals surface area (Å²) in [6.07, 6.45) is 4.95. The number of nitrogens with zero attached hydrogens (tertiary/aromatic N) is 4. The van der Waals surface area contributed by atoms with Gasteiger partial charge in [0.1, 0.15) is 5.82 Å². The first-order chi connectivity index (χ1) is 15.9. The van der Waals surface area contributed by atoms with Gasteiger partial charge in [-0.05, 0) is 74.2 Å². The monoisotopic (exact) mass is 468 g/mol. The summed E-state index contributed by atoms with van der Waals surface area (Å²) in [4.78, 5) is 15.3. The molecular formula is C24H25FN4O3S. The smallest absolute Gasteiger partial charge is 0.261 e. The summed E-state index contributed by atoms with van der Waals surface area (Å²) < 4.78 is 42.5. The van der Waals surface area contributed by atoms with Gasteiger partial charge in [0.15, 0.2) is 0 Å². The van der Waals surface area contributed by atoms with Gasteiger partial charge in [0.25, 0.3) is 5.91 Å². The van der Waals surface area contributed by atoms with Crippen LogP contribution in [0.4, 0.5) is 10.1 Å². The predicted octanol–water partition coefficient (Wildman–Crippen LogP) is 3.70. The highest BCUT2D eigenvalue weighted by Gasteiger charge is 2.31. The molecule has 33 heavy (non-hydrogen) atoms. The molecule has 0 atom stereocenters. The van der Waals surface area contributed by atoms with Crippen LogP contribution in [0.3, 0.4) is 0 Å². The van der Waals surface area contributed by atoms with Crippen LogP contribution in [0.15, 0.2) is 53.6 Å². The van der Waals surface area contributed by atoms with Crippen LogP contribution in [0, 0.1) is 12.7 Å². The lowest BCUT2D eigenvalue weighted by Gasteiger charge is -2.26. The quantitative estimate of drug-likeness (QED) is 0.585. The lowest BCUT2D eigenvalue weighted by molar-refractivity contribution is 0.0988. The maximum atomic E-state index is 13.3. The van der Waals surface area contributed by atoms with Crippen molar-refractivity contribution in [2.75, 3.05) is 24.5 Å². The number of carbonyl (C=O) groups is 1. The third kappa shape index (κ3) is 3.85. The van der Waals surface area contributed by atoms with Gasteiger partial charge in [-0.25, -0.2) is 17.5 Å². The molecule has 0 N–H and O–H groups in total. The minimum atomic E-state index is -3.52. The van der Waals surface area contributed by atoms with Crippen LogP contribution in [0.25, 0.3) is 5.69 Å². The second-order valence-corrected chi connectivity index (χ2v) is 10.4. The zero-order valence-corrected chi connectivity index (χ0v) is 19.2. The maximum absolute atomic E-state index is 13.3. The van der Waals surface area contributed by atoms with Crippen molar-refractivity contribution in [3.63, 3.8) is 0 Å². The number of hydrogen-bond acceptors (Lipinski definition) is 4. The molecule has 0 radical (unpaired) electrons. The number of rotatable bonds is 4. The van der Waals surface area contributed by atoms with Gasteiger partial charge in [0, 0.05) is 25.3 Å². The molecule has 1 amide bonds. The Labute approximate surface area is 192 Å². The molecule has 9 heteroatoms. The number of piperidine rings is 1. The average molecular weight is 469 g/mol. The highest BCUT2D eigenvalue weighted by molar-refractivity contribution is 7.89. The third-order valence-corrected chi connectivity index (χ3v) is 8.35. The van der Waals surface area contributed by atoms with E-state index in [-0.39, 0.29) is 16.6 Å². The fourth-order valence-corrected chi connectivity index (χ4v) is 6.18. The van der Waals surface area contributed by atoms with Crippen LogP contribution in [0.5, 0.6) is 0 Å². The molecule has 5 rings (SSSR count). The fourth-order valence-electron chi connectivity index (χ4n) is 4.61. The van der Waals surface area contributed by atoms with Crippen molar-refractivity contribution < 1.29 is 17.6 Å². The van der Waals surface area contributed by atoms with Crippen molar-refractivity contribution in [2.45, 2.75) is 37.5 Å². The molecule has 0 spiro atoms. The molecule has 1 fully saturated rings. The Morgan fingerprint density at radius 3 is 2.45 bits per heavy atom. The summed E-state index contributed by atoms with van der Waals surface area (Å²) in [6.45, 7) is 3.39. The van der Waals surface area contributed by atoms with Gasteiger partial charge in [-0.3, -0.25) is 4.79 Å². The molecule has 2 aromatic carbocycles. The van der Waals surface area contributed by atoms with Crippen molar-refractivity contribution in [2.24, 2.45) is 0 Å². The normalized spacial score (nSPS) is 16.7. The van der Waals surface area contributed by atoms with E-state index in [1.54, 1.807) is 51.1 Å². The molecule has 2 aliphatic heterocycles. The summed E-state index contributed by atoms with van der Waals surface area (Å²) in [6, 6.07) is 11.0. The molecule has 0 unspecified atom stereocenters. The molecule has 3 aromatic rings. The second kappa shape index (κ2) is 8.39. The van der Waals surface area contributed by atoms with E-state index in [0.29, 0.717) is 43.0 Å².